The summed E-state index contributed by atoms with van der Waals surface area (Å²) in [6.07, 6.45) is -3.46. The van der Waals surface area contributed by atoms with E-state index in [-0.39, 0.29) is 25.3 Å². The number of nitrogens with one attached hydrogen (secondary N) is 3. The lowest BCUT2D eigenvalue weighted by molar-refractivity contribution is -0.137. The lowest BCUT2D eigenvalue weighted by Crippen LogP contribution is -2.38. The topological polar surface area (TPSA) is 158 Å². The average Bonchev–Trinajstić information content (AvgIpc) is 2.93. The Bertz CT molecular complexity index is 1500. The maximum absolute atomic E-state index is 13.4. The molecule has 3 heterocycles. The van der Waals surface area contributed by atoms with Gasteiger partial charge in [-0.15, -0.1) is 10.2 Å². The molecule has 0 saturated heterocycles. The Morgan fingerprint density at radius 2 is 1.83 bits per heavy atom. The van der Waals surface area contributed by atoms with Gasteiger partial charge in [-0.1, -0.05) is 0 Å². The van der Waals surface area contributed by atoms with Crippen molar-refractivity contribution in [2.75, 3.05) is 29.9 Å². The number of anilines is 3. The number of carbonyl (C=O) groups excluding carboxylic acids is 2. The molecular weight excluding hydrogens is 555 g/mol. The molecule has 220 valence electrons. The third-order valence-electron chi connectivity index (χ3n) is 6.02. The normalized spacial score (nSPS) is 13.0. The molecule has 2 aromatic heterocycles. The van der Waals surface area contributed by atoms with Crippen LogP contribution in [0.4, 0.5) is 35.3 Å². The van der Waals surface area contributed by atoms with E-state index in [4.69, 9.17) is 10.00 Å². The number of aromatic nitrogens is 4. The first-order valence-corrected chi connectivity index (χ1v) is 12.9. The number of ether oxygens (including phenoxy) is 1. The van der Waals surface area contributed by atoms with Crippen molar-refractivity contribution in [3.05, 3.63) is 64.7 Å². The molecule has 2 amide bonds. The highest BCUT2D eigenvalue weighted by Crippen LogP contribution is 2.36. The van der Waals surface area contributed by atoms with Gasteiger partial charge in [0.2, 0.25) is 0 Å². The van der Waals surface area contributed by atoms with Gasteiger partial charge in [-0.2, -0.15) is 18.4 Å². The molecule has 1 aliphatic heterocycles. The summed E-state index contributed by atoms with van der Waals surface area (Å²) in [4.78, 5) is 34.4. The van der Waals surface area contributed by atoms with E-state index in [1.807, 2.05) is 0 Å². The average molecular weight is 584 g/mol. The van der Waals surface area contributed by atoms with Crippen molar-refractivity contribution in [1.82, 2.24) is 30.8 Å². The first kappa shape index (κ1) is 30.0. The molecule has 1 aliphatic rings. The van der Waals surface area contributed by atoms with E-state index in [1.165, 1.54) is 24.5 Å². The Morgan fingerprint density at radius 3 is 2.50 bits per heavy atom. The van der Waals surface area contributed by atoms with E-state index in [1.54, 1.807) is 37.8 Å². The Labute approximate surface area is 239 Å². The summed E-state index contributed by atoms with van der Waals surface area (Å²) < 4.78 is 45.5. The molecule has 3 N–H and O–H groups in total. The highest BCUT2D eigenvalue weighted by Gasteiger charge is 2.34. The highest BCUT2D eigenvalue weighted by atomic mass is 19.4. The lowest BCUT2D eigenvalue weighted by Gasteiger charge is -2.31. The van der Waals surface area contributed by atoms with E-state index in [2.05, 4.69) is 36.1 Å². The number of amides is 2. The summed E-state index contributed by atoms with van der Waals surface area (Å²) in [6.45, 7) is 6.20. The number of alkyl halides is 3. The van der Waals surface area contributed by atoms with E-state index in [0.29, 0.717) is 36.0 Å². The summed E-state index contributed by atoms with van der Waals surface area (Å²) in [5.74, 6) is 0.314. The third kappa shape index (κ3) is 7.59. The number of hydrogen-bond donors (Lipinski definition) is 3. The minimum Gasteiger partial charge on any atom is -0.444 e. The van der Waals surface area contributed by atoms with Gasteiger partial charge >= 0.3 is 12.3 Å². The van der Waals surface area contributed by atoms with E-state index < -0.39 is 34.9 Å². The zero-order valence-electron chi connectivity index (χ0n) is 23.0. The van der Waals surface area contributed by atoms with Crippen LogP contribution in [0.2, 0.25) is 0 Å². The number of alkyl carbamates (subject to hydrolysis) is 1. The third-order valence-corrected chi connectivity index (χ3v) is 6.02. The first-order chi connectivity index (χ1) is 19.8. The molecule has 0 aliphatic carbocycles. The monoisotopic (exact) mass is 583 g/mol. The largest absolute Gasteiger partial charge is 0.444 e. The van der Waals surface area contributed by atoms with Gasteiger partial charge in [0.15, 0.2) is 11.5 Å². The summed E-state index contributed by atoms with van der Waals surface area (Å²) in [5, 5.41) is 25.3. The molecule has 1 aromatic carbocycles. The van der Waals surface area contributed by atoms with Crippen LogP contribution in [0, 0.1) is 11.3 Å². The smallest absolute Gasteiger partial charge is 0.417 e. The van der Waals surface area contributed by atoms with Gasteiger partial charge in [0.25, 0.3) is 5.91 Å². The fourth-order valence-electron chi connectivity index (χ4n) is 4.13. The summed E-state index contributed by atoms with van der Waals surface area (Å²) in [7, 11) is 0. The van der Waals surface area contributed by atoms with Gasteiger partial charge in [0.1, 0.15) is 17.7 Å². The van der Waals surface area contributed by atoms with Gasteiger partial charge in [-0.3, -0.25) is 4.79 Å². The minimum atomic E-state index is -4.65. The van der Waals surface area contributed by atoms with Crippen molar-refractivity contribution >= 4 is 29.3 Å². The molecule has 42 heavy (non-hydrogen) atoms. The van der Waals surface area contributed by atoms with Gasteiger partial charge in [-0.25, -0.2) is 14.8 Å². The molecule has 12 nitrogen and oxygen atoms in total. The molecule has 0 saturated carbocycles. The van der Waals surface area contributed by atoms with Gasteiger partial charge < -0.3 is 25.6 Å². The summed E-state index contributed by atoms with van der Waals surface area (Å²) in [5.41, 5.74) is -0.233. The Balaban J connectivity index is 1.36. The number of nitriles is 1. The second-order valence-electron chi connectivity index (χ2n) is 10.3. The maximum Gasteiger partial charge on any atom is 0.417 e. The van der Waals surface area contributed by atoms with Crippen molar-refractivity contribution in [1.29, 1.82) is 5.26 Å². The van der Waals surface area contributed by atoms with Crippen molar-refractivity contribution < 1.29 is 27.5 Å². The van der Waals surface area contributed by atoms with Crippen LogP contribution >= 0.6 is 0 Å². The van der Waals surface area contributed by atoms with Crippen LogP contribution in [0.1, 0.15) is 53.6 Å². The summed E-state index contributed by atoms with van der Waals surface area (Å²) in [6, 6.07) is 8.26. The number of halogens is 3. The number of hydrogen-bond acceptors (Lipinski definition) is 10. The highest BCUT2D eigenvalue weighted by molar-refractivity contribution is 5.92. The molecule has 0 radical (unpaired) electrons. The number of carbonyl (C=O) groups is 2. The Hall–Kier alpha value is -5.00. The van der Waals surface area contributed by atoms with Crippen LogP contribution in [-0.4, -0.2) is 57.4 Å². The second kappa shape index (κ2) is 12.2. The van der Waals surface area contributed by atoms with Crippen LogP contribution in [0.3, 0.4) is 0 Å². The second-order valence-corrected chi connectivity index (χ2v) is 10.3. The fourth-order valence-corrected chi connectivity index (χ4v) is 4.13. The Morgan fingerprint density at radius 1 is 1.07 bits per heavy atom. The van der Waals surface area contributed by atoms with Crippen molar-refractivity contribution in [3.63, 3.8) is 0 Å². The van der Waals surface area contributed by atoms with Crippen molar-refractivity contribution in [2.24, 2.45) is 0 Å². The predicted molar refractivity (Wildman–Crippen MR) is 145 cm³/mol. The van der Waals surface area contributed by atoms with Crippen LogP contribution in [0.5, 0.6) is 0 Å². The molecule has 0 bridgehead atoms. The van der Waals surface area contributed by atoms with Gasteiger partial charge in [0, 0.05) is 30.9 Å². The van der Waals surface area contributed by atoms with E-state index >= 15 is 0 Å². The van der Waals surface area contributed by atoms with Crippen molar-refractivity contribution in [2.45, 2.75) is 45.5 Å². The van der Waals surface area contributed by atoms with E-state index in [0.717, 1.165) is 11.6 Å². The zero-order chi connectivity index (χ0) is 30.5. The lowest BCUT2D eigenvalue weighted by atomic mass is 10.0. The molecule has 3 aromatic rings. The van der Waals surface area contributed by atoms with Gasteiger partial charge in [0.05, 0.1) is 29.4 Å². The molecule has 4 rings (SSSR count). The quantitative estimate of drug-likeness (QED) is 0.350. The number of benzene rings is 1. The predicted octanol–water partition coefficient (Wildman–Crippen LogP) is 3.72. The standard InChI is InChI=1S/C27H28F3N9O3/c1-26(2,3)42-25(41)33-10-9-32-24(40)20-6-7-22(38-37-20)36-23-18-8-11-39(14-21(18)34-15-35-23)17-5-4-16(13-31)19(12-17)27(28,29)30/h4-7,12,15H,8-11,14H2,1-3H3,(H,32,40)(H,33,41)(H,34,35,36,38). The maximum atomic E-state index is 13.4. The van der Waals surface area contributed by atoms with Crippen molar-refractivity contribution in [3.8, 4) is 6.07 Å². The molecule has 0 unspecified atom stereocenters. The molecule has 0 spiro atoms. The molecule has 15 heteroatoms. The van der Waals surface area contributed by atoms with Gasteiger partial charge in [-0.05, 0) is 57.5 Å². The van der Waals surface area contributed by atoms with Crippen LogP contribution in [0.25, 0.3) is 0 Å². The summed E-state index contributed by atoms with van der Waals surface area (Å²) >= 11 is 0. The minimum absolute atomic E-state index is 0.0684. The van der Waals surface area contributed by atoms with Crippen LogP contribution in [0.15, 0.2) is 36.7 Å². The number of fused-ring (bicyclic) bond motifs is 1. The van der Waals surface area contributed by atoms with Crippen LogP contribution in [-0.2, 0) is 23.9 Å². The number of rotatable bonds is 7. The fraction of sp³-hybridized carbons (Fsp3) is 0.370. The number of nitrogens with zero attached hydrogens (tertiary/aromatic N) is 6. The molecule has 0 fully saturated rings. The first-order valence-electron chi connectivity index (χ1n) is 12.9. The van der Waals surface area contributed by atoms with Crippen LogP contribution < -0.4 is 20.9 Å². The molecule has 0 atom stereocenters. The molecular formula is C27H28F3N9O3. The SMILES string of the molecule is CC(C)(C)OC(=O)NCCNC(=O)c1ccc(Nc2ncnc3c2CCN(c2ccc(C#N)c(C(F)(F)F)c2)C3)nn1. The van der Waals surface area contributed by atoms with E-state index in [9.17, 15) is 22.8 Å². The Kier molecular flexibility index (Phi) is 8.74. The zero-order valence-corrected chi connectivity index (χ0v) is 23.0.